The van der Waals surface area contributed by atoms with E-state index < -0.39 is 47.4 Å². The maximum atomic E-state index is 13.4. The Hall–Kier alpha value is -2.38. The topological polar surface area (TPSA) is 66.5 Å². The molecule has 1 aromatic carbocycles. The van der Waals surface area contributed by atoms with Gasteiger partial charge in [0, 0.05) is 0 Å². The van der Waals surface area contributed by atoms with Gasteiger partial charge in [-0.15, -0.1) is 0 Å². The van der Waals surface area contributed by atoms with E-state index in [1.165, 1.54) is 0 Å². The summed E-state index contributed by atoms with van der Waals surface area (Å²) in [4.78, 5) is 33.9. The lowest BCUT2D eigenvalue weighted by atomic mass is 10.2. The molecular weight excluding hydrogens is 253 g/mol. The third kappa shape index (κ3) is 1.81. The zero-order valence-corrected chi connectivity index (χ0v) is 8.67. The molecule has 18 heavy (non-hydrogen) atoms. The molecular formula is C10H5F3N2O3. The normalized spacial score (nSPS) is 15.9. The van der Waals surface area contributed by atoms with Gasteiger partial charge in [-0.3, -0.25) is 14.9 Å². The van der Waals surface area contributed by atoms with Crippen molar-refractivity contribution in [3.63, 3.8) is 0 Å². The zero-order chi connectivity index (χ0) is 13.4. The van der Waals surface area contributed by atoms with Crippen LogP contribution < -0.4 is 10.2 Å². The number of halogens is 3. The van der Waals surface area contributed by atoms with Crippen molar-refractivity contribution < 1.29 is 27.6 Å². The summed E-state index contributed by atoms with van der Waals surface area (Å²) in [6, 6.07) is 0.104. The van der Waals surface area contributed by atoms with E-state index in [1.807, 2.05) is 0 Å². The molecule has 0 aromatic heterocycles. The van der Waals surface area contributed by atoms with Crippen molar-refractivity contribution in [1.82, 2.24) is 5.32 Å². The van der Waals surface area contributed by atoms with E-state index in [0.717, 1.165) is 6.07 Å². The van der Waals surface area contributed by atoms with Crippen LogP contribution in [0.1, 0.15) is 6.42 Å². The molecule has 94 valence electrons. The Balaban J connectivity index is 2.49. The Morgan fingerprint density at radius 3 is 2.33 bits per heavy atom. The van der Waals surface area contributed by atoms with Crippen LogP contribution in [0, 0.1) is 17.5 Å². The Labute approximate surface area is 98.2 Å². The summed E-state index contributed by atoms with van der Waals surface area (Å²) in [6.07, 6.45) is -0.676. The second kappa shape index (κ2) is 4.13. The number of hydrogen-bond donors (Lipinski definition) is 1. The molecule has 8 heteroatoms. The fourth-order valence-electron chi connectivity index (χ4n) is 1.48. The lowest BCUT2D eigenvalue weighted by molar-refractivity contribution is -0.128. The fraction of sp³-hybridized carbons (Fsp3) is 0.100. The number of carbonyl (C=O) groups is 3. The van der Waals surface area contributed by atoms with Gasteiger partial charge in [0.25, 0.3) is 0 Å². The van der Waals surface area contributed by atoms with Crippen molar-refractivity contribution in [2.45, 2.75) is 6.42 Å². The number of hydrogen-bond acceptors (Lipinski definition) is 3. The monoisotopic (exact) mass is 258 g/mol. The molecule has 1 aromatic rings. The highest BCUT2D eigenvalue weighted by molar-refractivity contribution is 6.26. The predicted molar refractivity (Wildman–Crippen MR) is 52.0 cm³/mol. The van der Waals surface area contributed by atoms with E-state index in [9.17, 15) is 27.6 Å². The van der Waals surface area contributed by atoms with Crippen LogP contribution in [0.4, 0.5) is 23.7 Å². The number of benzene rings is 1. The van der Waals surface area contributed by atoms with Gasteiger partial charge in [0.05, 0.1) is 5.69 Å². The van der Waals surface area contributed by atoms with Gasteiger partial charge in [-0.25, -0.2) is 22.9 Å². The zero-order valence-electron chi connectivity index (χ0n) is 8.67. The van der Waals surface area contributed by atoms with Gasteiger partial charge in [0.2, 0.25) is 11.8 Å². The first-order valence-corrected chi connectivity index (χ1v) is 4.72. The maximum absolute atomic E-state index is 13.4. The second-order valence-electron chi connectivity index (χ2n) is 3.45. The first kappa shape index (κ1) is 12.1. The van der Waals surface area contributed by atoms with Crippen molar-refractivity contribution >= 4 is 23.5 Å². The van der Waals surface area contributed by atoms with Gasteiger partial charge in [0.1, 0.15) is 6.42 Å². The molecule has 4 amide bonds. The summed E-state index contributed by atoms with van der Waals surface area (Å²) in [6.45, 7) is 0. The van der Waals surface area contributed by atoms with Gasteiger partial charge in [0.15, 0.2) is 17.5 Å². The summed E-state index contributed by atoms with van der Waals surface area (Å²) in [5.74, 6) is -6.78. The Morgan fingerprint density at radius 1 is 1.06 bits per heavy atom. The highest BCUT2D eigenvalue weighted by Gasteiger charge is 2.34. The van der Waals surface area contributed by atoms with Gasteiger partial charge < -0.3 is 0 Å². The van der Waals surface area contributed by atoms with Crippen LogP contribution in [0.25, 0.3) is 0 Å². The molecule has 1 aliphatic heterocycles. The number of amides is 4. The summed E-state index contributed by atoms with van der Waals surface area (Å²) in [7, 11) is 0. The number of anilines is 1. The van der Waals surface area contributed by atoms with Gasteiger partial charge in [-0.2, -0.15) is 0 Å². The van der Waals surface area contributed by atoms with Crippen LogP contribution in [0.15, 0.2) is 12.1 Å². The molecule has 0 saturated carbocycles. The van der Waals surface area contributed by atoms with E-state index >= 15 is 0 Å². The standard InChI is InChI=1S/C10H5F3N2O3/c11-4-1-2-5(9(13)8(4)12)15-7(17)3-6(16)14-10(15)18/h1-2H,3H2,(H,14,16,18). The quantitative estimate of drug-likeness (QED) is 0.605. The van der Waals surface area contributed by atoms with Gasteiger partial charge in [-0.1, -0.05) is 0 Å². The third-order valence-electron chi connectivity index (χ3n) is 2.27. The van der Waals surface area contributed by atoms with E-state index in [1.54, 1.807) is 5.32 Å². The minimum atomic E-state index is -1.80. The van der Waals surface area contributed by atoms with Crippen LogP contribution >= 0.6 is 0 Å². The first-order valence-electron chi connectivity index (χ1n) is 4.72. The maximum Gasteiger partial charge on any atom is 0.335 e. The predicted octanol–water partition coefficient (Wildman–Crippen LogP) is 1.08. The van der Waals surface area contributed by atoms with Crippen molar-refractivity contribution in [2.24, 2.45) is 0 Å². The number of urea groups is 1. The van der Waals surface area contributed by atoms with Crippen molar-refractivity contribution in [3.05, 3.63) is 29.6 Å². The molecule has 1 fully saturated rings. The Bertz CT molecular complexity index is 554. The van der Waals surface area contributed by atoms with E-state index in [2.05, 4.69) is 0 Å². The molecule has 0 spiro atoms. The van der Waals surface area contributed by atoms with E-state index in [0.29, 0.717) is 6.07 Å². The summed E-state index contributed by atoms with van der Waals surface area (Å²) >= 11 is 0. The molecule has 0 atom stereocenters. The average molecular weight is 258 g/mol. The van der Waals surface area contributed by atoms with Crippen LogP contribution in [0.3, 0.4) is 0 Å². The van der Waals surface area contributed by atoms with Gasteiger partial charge >= 0.3 is 6.03 Å². The molecule has 0 aliphatic carbocycles. The number of nitrogens with one attached hydrogen (secondary N) is 1. The third-order valence-corrected chi connectivity index (χ3v) is 2.27. The van der Waals surface area contributed by atoms with Gasteiger partial charge in [-0.05, 0) is 12.1 Å². The Morgan fingerprint density at radius 2 is 1.72 bits per heavy atom. The number of rotatable bonds is 1. The van der Waals surface area contributed by atoms with Crippen molar-refractivity contribution in [1.29, 1.82) is 0 Å². The molecule has 1 aliphatic rings. The van der Waals surface area contributed by atoms with Crippen molar-refractivity contribution in [2.75, 3.05) is 4.90 Å². The summed E-state index contributed by atoms with van der Waals surface area (Å²) < 4.78 is 39.1. The van der Waals surface area contributed by atoms with E-state index in [-0.39, 0.29) is 4.90 Å². The molecule has 0 bridgehead atoms. The summed E-state index contributed by atoms with van der Waals surface area (Å²) in [5.41, 5.74) is -0.746. The summed E-state index contributed by atoms with van der Waals surface area (Å²) in [5, 5.41) is 1.76. The van der Waals surface area contributed by atoms with Crippen molar-refractivity contribution in [3.8, 4) is 0 Å². The average Bonchev–Trinajstić information content (AvgIpc) is 2.28. The second-order valence-corrected chi connectivity index (χ2v) is 3.45. The highest BCUT2D eigenvalue weighted by Crippen LogP contribution is 2.25. The molecule has 0 radical (unpaired) electrons. The molecule has 2 rings (SSSR count). The van der Waals surface area contributed by atoms with E-state index in [4.69, 9.17) is 0 Å². The van der Waals surface area contributed by atoms with Crippen LogP contribution in [-0.2, 0) is 9.59 Å². The Kier molecular flexibility index (Phi) is 2.77. The molecule has 1 N–H and O–H groups in total. The molecule has 5 nitrogen and oxygen atoms in total. The molecule has 0 unspecified atom stereocenters. The molecule has 1 saturated heterocycles. The number of carbonyl (C=O) groups excluding carboxylic acids is 3. The first-order chi connectivity index (χ1) is 8.41. The largest absolute Gasteiger partial charge is 0.335 e. The highest BCUT2D eigenvalue weighted by atomic mass is 19.2. The SMILES string of the molecule is O=C1CC(=O)N(c2ccc(F)c(F)c2F)C(=O)N1. The smallest absolute Gasteiger partial charge is 0.277 e. The molecule has 1 heterocycles. The van der Waals surface area contributed by atoms with Crippen LogP contribution in [-0.4, -0.2) is 17.8 Å². The number of barbiturate groups is 1. The lowest BCUT2D eigenvalue weighted by Crippen LogP contribution is -2.53. The minimum absolute atomic E-state index is 0.249. The van der Waals surface area contributed by atoms with Crippen LogP contribution in [0.5, 0.6) is 0 Å². The van der Waals surface area contributed by atoms with Crippen LogP contribution in [0.2, 0.25) is 0 Å². The fourth-order valence-corrected chi connectivity index (χ4v) is 1.48. The lowest BCUT2D eigenvalue weighted by Gasteiger charge is -2.24. The minimum Gasteiger partial charge on any atom is -0.277 e. The number of imide groups is 2. The number of nitrogens with zero attached hydrogens (tertiary/aromatic N) is 1.